The molecule has 3 heteroatoms. The van der Waals surface area contributed by atoms with Gasteiger partial charge in [-0.15, -0.1) is 11.3 Å². The average molecular weight is 303 g/mol. The second kappa shape index (κ2) is 5.78. The summed E-state index contributed by atoms with van der Waals surface area (Å²) >= 11 is 7.89. The van der Waals surface area contributed by atoms with Gasteiger partial charge in [-0.05, 0) is 41.5 Å². The van der Waals surface area contributed by atoms with E-state index in [1.165, 1.54) is 17.0 Å². The van der Waals surface area contributed by atoms with Gasteiger partial charge in [0, 0.05) is 21.2 Å². The Balaban J connectivity index is 1.84. The Morgan fingerprint density at radius 2 is 1.65 bits per heavy atom. The summed E-state index contributed by atoms with van der Waals surface area (Å²) < 4.78 is 12.9. The van der Waals surface area contributed by atoms with Crippen molar-refractivity contribution in [1.29, 1.82) is 0 Å². The van der Waals surface area contributed by atoms with Crippen LogP contribution in [0.1, 0.15) is 10.4 Å². The van der Waals surface area contributed by atoms with Crippen LogP contribution in [-0.4, -0.2) is 0 Å². The van der Waals surface area contributed by atoms with Gasteiger partial charge in [0.05, 0.1) is 0 Å². The highest BCUT2D eigenvalue weighted by atomic mass is 35.5. The summed E-state index contributed by atoms with van der Waals surface area (Å²) in [4.78, 5) is 2.39. The fraction of sp³-hybridized carbons (Fsp3) is 0.0588. The van der Waals surface area contributed by atoms with Crippen molar-refractivity contribution < 1.29 is 4.39 Å². The molecule has 2 aromatic carbocycles. The Labute approximate surface area is 126 Å². The highest BCUT2D eigenvalue weighted by Crippen LogP contribution is 2.30. The lowest BCUT2D eigenvalue weighted by molar-refractivity contribution is 0.628. The van der Waals surface area contributed by atoms with Gasteiger partial charge in [-0.2, -0.15) is 0 Å². The van der Waals surface area contributed by atoms with Crippen molar-refractivity contribution >= 4 is 22.9 Å². The van der Waals surface area contributed by atoms with Crippen molar-refractivity contribution in [2.24, 2.45) is 0 Å². The lowest BCUT2D eigenvalue weighted by Crippen LogP contribution is -1.84. The zero-order valence-corrected chi connectivity index (χ0v) is 12.2. The monoisotopic (exact) mass is 302 g/mol. The van der Waals surface area contributed by atoms with Crippen LogP contribution in [0.15, 0.2) is 60.7 Å². The maximum atomic E-state index is 12.9. The number of thiophene rings is 1. The highest BCUT2D eigenvalue weighted by Gasteiger charge is 2.06. The van der Waals surface area contributed by atoms with E-state index < -0.39 is 0 Å². The summed E-state index contributed by atoms with van der Waals surface area (Å²) in [6.45, 7) is 0. The predicted molar refractivity (Wildman–Crippen MR) is 84.0 cm³/mol. The number of halogens is 2. The van der Waals surface area contributed by atoms with Gasteiger partial charge in [-0.3, -0.25) is 0 Å². The summed E-state index contributed by atoms with van der Waals surface area (Å²) in [6, 6.07) is 18.6. The lowest BCUT2D eigenvalue weighted by Gasteiger charge is -2.01. The molecule has 3 aromatic rings. The van der Waals surface area contributed by atoms with Crippen LogP contribution in [0.5, 0.6) is 0 Å². The van der Waals surface area contributed by atoms with E-state index in [0.717, 1.165) is 27.4 Å². The summed E-state index contributed by atoms with van der Waals surface area (Å²) in [7, 11) is 0. The molecule has 0 amide bonds. The molecule has 0 atom stereocenters. The first-order valence-corrected chi connectivity index (χ1v) is 7.50. The van der Waals surface area contributed by atoms with Crippen molar-refractivity contribution in [3.63, 3.8) is 0 Å². The first-order valence-electron chi connectivity index (χ1n) is 6.30. The second-order valence-corrected chi connectivity index (χ2v) is 6.12. The molecule has 0 nitrogen and oxygen atoms in total. The molecule has 0 saturated carbocycles. The first-order chi connectivity index (χ1) is 9.72. The molecule has 20 heavy (non-hydrogen) atoms. The Kier molecular flexibility index (Phi) is 3.86. The van der Waals surface area contributed by atoms with E-state index in [4.69, 9.17) is 11.6 Å². The maximum Gasteiger partial charge on any atom is 0.123 e. The normalized spacial score (nSPS) is 10.7. The standard InChI is InChI=1S/C17H12ClFS/c18-16-4-2-1-3-13(16)11-15-9-10-17(20-15)12-5-7-14(19)8-6-12/h1-10H,11H2. The minimum Gasteiger partial charge on any atom is -0.207 e. The van der Waals surface area contributed by atoms with E-state index >= 15 is 0 Å². The third-order valence-electron chi connectivity index (χ3n) is 3.11. The highest BCUT2D eigenvalue weighted by molar-refractivity contribution is 7.15. The van der Waals surface area contributed by atoms with E-state index in [-0.39, 0.29) is 5.82 Å². The van der Waals surface area contributed by atoms with Crippen LogP contribution in [0, 0.1) is 5.82 Å². The summed E-state index contributed by atoms with van der Waals surface area (Å²) in [5.41, 5.74) is 2.17. The van der Waals surface area contributed by atoms with Crippen LogP contribution in [0.25, 0.3) is 10.4 Å². The number of hydrogen-bond acceptors (Lipinski definition) is 1. The third kappa shape index (κ3) is 2.92. The van der Waals surface area contributed by atoms with Gasteiger partial charge in [0.15, 0.2) is 0 Å². The van der Waals surface area contributed by atoms with Crippen LogP contribution >= 0.6 is 22.9 Å². The van der Waals surface area contributed by atoms with Gasteiger partial charge in [-0.25, -0.2) is 4.39 Å². The van der Waals surface area contributed by atoms with Gasteiger partial charge in [-0.1, -0.05) is 41.9 Å². The molecule has 100 valence electrons. The lowest BCUT2D eigenvalue weighted by atomic mass is 10.1. The van der Waals surface area contributed by atoms with Crippen molar-refractivity contribution in [2.45, 2.75) is 6.42 Å². The van der Waals surface area contributed by atoms with Gasteiger partial charge < -0.3 is 0 Å². The molecule has 3 rings (SSSR count). The van der Waals surface area contributed by atoms with Gasteiger partial charge >= 0.3 is 0 Å². The third-order valence-corrected chi connectivity index (χ3v) is 4.62. The molecule has 0 unspecified atom stereocenters. The second-order valence-electron chi connectivity index (χ2n) is 4.54. The fourth-order valence-corrected chi connectivity index (χ4v) is 3.31. The van der Waals surface area contributed by atoms with Crippen LogP contribution < -0.4 is 0 Å². The molecular weight excluding hydrogens is 291 g/mol. The summed E-state index contributed by atoms with van der Waals surface area (Å²) in [6.07, 6.45) is 0.825. The molecule has 0 aliphatic heterocycles. The average Bonchev–Trinajstić information content (AvgIpc) is 2.91. The first kappa shape index (κ1) is 13.3. The zero-order chi connectivity index (χ0) is 13.9. The topological polar surface area (TPSA) is 0 Å². The number of hydrogen-bond donors (Lipinski definition) is 0. The zero-order valence-electron chi connectivity index (χ0n) is 10.6. The van der Waals surface area contributed by atoms with Gasteiger partial charge in [0.1, 0.15) is 5.82 Å². The molecule has 0 spiro atoms. The van der Waals surface area contributed by atoms with Crippen molar-refractivity contribution in [2.75, 3.05) is 0 Å². The summed E-state index contributed by atoms with van der Waals surface area (Å²) in [5.74, 6) is -0.207. The van der Waals surface area contributed by atoms with E-state index in [0.29, 0.717) is 0 Å². The molecule has 0 radical (unpaired) electrons. The van der Waals surface area contributed by atoms with Crippen molar-refractivity contribution in [3.05, 3.63) is 81.9 Å². The van der Waals surface area contributed by atoms with Gasteiger partial charge in [0.25, 0.3) is 0 Å². The molecule has 1 heterocycles. The Morgan fingerprint density at radius 1 is 0.900 bits per heavy atom. The minimum absolute atomic E-state index is 0.207. The Bertz CT molecular complexity index is 716. The van der Waals surface area contributed by atoms with E-state index in [9.17, 15) is 4.39 Å². The van der Waals surface area contributed by atoms with Crippen molar-refractivity contribution in [1.82, 2.24) is 0 Å². The van der Waals surface area contributed by atoms with Crippen molar-refractivity contribution in [3.8, 4) is 10.4 Å². The smallest absolute Gasteiger partial charge is 0.123 e. The van der Waals surface area contributed by atoms with Crippen LogP contribution in [-0.2, 0) is 6.42 Å². The van der Waals surface area contributed by atoms with Crippen LogP contribution in [0.4, 0.5) is 4.39 Å². The quantitative estimate of drug-likeness (QED) is 0.573. The Morgan fingerprint density at radius 3 is 2.40 bits per heavy atom. The summed E-state index contributed by atoms with van der Waals surface area (Å²) in [5, 5.41) is 0.796. The minimum atomic E-state index is -0.207. The molecule has 0 fully saturated rings. The van der Waals surface area contributed by atoms with Gasteiger partial charge in [0.2, 0.25) is 0 Å². The molecule has 0 bridgehead atoms. The van der Waals surface area contributed by atoms with Crippen LogP contribution in [0.3, 0.4) is 0 Å². The number of benzene rings is 2. The fourth-order valence-electron chi connectivity index (χ4n) is 2.07. The maximum absolute atomic E-state index is 12.9. The van der Waals surface area contributed by atoms with E-state index in [2.05, 4.69) is 12.1 Å². The molecule has 0 N–H and O–H groups in total. The molecule has 1 aromatic heterocycles. The molecule has 0 aliphatic rings. The molecule has 0 saturated heterocycles. The van der Waals surface area contributed by atoms with E-state index in [1.807, 2.05) is 24.3 Å². The largest absolute Gasteiger partial charge is 0.207 e. The Hall–Kier alpha value is -1.64. The van der Waals surface area contributed by atoms with E-state index in [1.54, 1.807) is 23.5 Å². The molecular formula is C17H12ClFS. The number of rotatable bonds is 3. The SMILES string of the molecule is Fc1ccc(-c2ccc(Cc3ccccc3Cl)s2)cc1. The van der Waals surface area contributed by atoms with Crippen LogP contribution in [0.2, 0.25) is 5.02 Å². The molecule has 0 aliphatic carbocycles. The predicted octanol–water partition coefficient (Wildman–Crippen LogP) is 5.80.